The topological polar surface area (TPSA) is 67.1 Å². The predicted octanol–water partition coefficient (Wildman–Crippen LogP) is 2.09. The van der Waals surface area contributed by atoms with Gasteiger partial charge in [0.05, 0.1) is 6.54 Å². The highest BCUT2D eigenvalue weighted by Gasteiger charge is 2.21. The number of fused-ring (bicyclic) bond motifs is 1. The van der Waals surface area contributed by atoms with Crippen molar-refractivity contribution in [1.82, 2.24) is 25.4 Å². The third-order valence-corrected chi connectivity index (χ3v) is 4.61. The van der Waals surface area contributed by atoms with Gasteiger partial charge in [0.25, 0.3) is 0 Å². The smallest absolute Gasteiger partial charge is 0.191 e. The number of nitrogens with one attached hydrogen (secondary N) is 2. The van der Waals surface area contributed by atoms with Gasteiger partial charge >= 0.3 is 0 Å². The standard InChI is InChI=1S/C19H27FN6/c1-3-17-24-18-10-9-16(13-26(18)25-17)23-19(21-2)22-11-5-7-14-6-4-8-15(20)12-14/h4,6,8,12,16H,3,5,7,9-11,13H2,1-2H3,(H2,21,22,23). The van der Waals surface area contributed by atoms with Crippen LogP contribution in [-0.4, -0.2) is 40.4 Å². The summed E-state index contributed by atoms with van der Waals surface area (Å²) < 4.78 is 15.2. The van der Waals surface area contributed by atoms with E-state index in [0.717, 1.165) is 68.4 Å². The van der Waals surface area contributed by atoms with Gasteiger partial charge in [0.1, 0.15) is 11.6 Å². The number of benzene rings is 1. The molecule has 2 N–H and O–H groups in total. The molecule has 2 aromatic rings. The highest BCUT2D eigenvalue weighted by molar-refractivity contribution is 5.79. The van der Waals surface area contributed by atoms with Crippen molar-refractivity contribution >= 4 is 5.96 Å². The van der Waals surface area contributed by atoms with E-state index in [9.17, 15) is 4.39 Å². The number of aromatic nitrogens is 3. The molecule has 1 aliphatic heterocycles. The highest BCUT2D eigenvalue weighted by Crippen LogP contribution is 2.13. The van der Waals surface area contributed by atoms with Crippen LogP contribution in [0.25, 0.3) is 0 Å². The molecule has 1 aromatic carbocycles. The molecule has 1 atom stereocenters. The van der Waals surface area contributed by atoms with E-state index < -0.39 is 0 Å². The van der Waals surface area contributed by atoms with E-state index in [1.807, 2.05) is 10.7 Å². The Morgan fingerprint density at radius 2 is 2.31 bits per heavy atom. The number of rotatable bonds is 6. The summed E-state index contributed by atoms with van der Waals surface area (Å²) >= 11 is 0. The van der Waals surface area contributed by atoms with Gasteiger partial charge in [0, 0.05) is 32.5 Å². The van der Waals surface area contributed by atoms with Crippen molar-refractivity contribution < 1.29 is 4.39 Å². The number of aryl methyl sites for hydroxylation is 3. The minimum atomic E-state index is -0.177. The second-order valence-electron chi connectivity index (χ2n) is 6.59. The summed E-state index contributed by atoms with van der Waals surface area (Å²) in [5.74, 6) is 2.62. The molecule has 0 saturated carbocycles. The molecule has 0 fully saturated rings. The Bertz CT molecular complexity index is 754. The molecule has 2 heterocycles. The van der Waals surface area contributed by atoms with Gasteiger partial charge in [-0.25, -0.2) is 14.1 Å². The van der Waals surface area contributed by atoms with Crippen molar-refractivity contribution in [3.63, 3.8) is 0 Å². The zero-order valence-corrected chi connectivity index (χ0v) is 15.5. The van der Waals surface area contributed by atoms with Gasteiger partial charge in [-0.2, -0.15) is 5.10 Å². The maximum absolute atomic E-state index is 13.2. The Balaban J connectivity index is 1.43. The quantitative estimate of drug-likeness (QED) is 0.471. The molecular weight excluding hydrogens is 331 g/mol. The maximum Gasteiger partial charge on any atom is 0.191 e. The molecule has 0 spiro atoms. The molecule has 1 aliphatic rings. The van der Waals surface area contributed by atoms with Crippen molar-refractivity contribution in [2.45, 2.75) is 51.6 Å². The van der Waals surface area contributed by atoms with Crippen molar-refractivity contribution in [3.8, 4) is 0 Å². The molecule has 7 heteroatoms. The molecule has 140 valence electrons. The first kappa shape index (κ1) is 18.4. The summed E-state index contributed by atoms with van der Waals surface area (Å²) in [5, 5.41) is 11.4. The summed E-state index contributed by atoms with van der Waals surface area (Å²) in [6, 6.07) is 7.07. The average molecular weight is 358 g/mol. The van der Waals surface area contributed by atoms with E-state index in [2.05, 4.69) is 32.6 Å². The molecule has 3 rings (SSSR count). The Labute approximate surface area is 153 Å². The Hall–Kier alpha value is -2.44. The van der Waals surface area contributed by atoms with Crippen LogP contribution in [0.3, 0.4) is 0 Å². The van der Waals surface area contributed by atoms with Crippen molar-refractivity contribution in [1.29, 1.82) is 0 Å². The predicted molar refractivity (Wildman–Crippen MR) is 101 cm³/mol. The zero-order chi connectivity index (χ0) is 18.4. The number of hydrogen-bond acceptors (Lipinski definition) is 3. The summed E-state index contributed by atoms with van der Waals surface area (Å²) in [4.78, 5) is 8.86. The molecule has 1 aromatic heterocycles. The summed E-state index contributed by atoms with van der Waals surface area (Å²) in [5.41, 5.74) is 1.02. The Morgan fingerprint density at radius 1 is 1.42 bits per heavy atom. The van der Waals surface area contributed by atoms with Crippen LogP contribution in [0.4, 0.5) is 4.39 Å². The van der Waals surface area contributed by atoms with E-state index in [4.69, 9.17) is 0 Å². The Morgan fingerprint density at radius 3 is 3.08 bits per heavy atom. The molecule has 1 unspecified atom stereocenters. The fourth-order valence-corrected chi connectivity index (χ4v) is 3.21. The van der Waals surface area contributed by atoms with Gasteiger partial charge in [0.15, 0.2) is 11.8 Å². The fraction of sp³-hybridized carbons (Fsp3) is 0.526. The zero-order valence-electron chi connectivity index (χ0n) is 15.5. The largest absolute Gasteiger partial charge is 0.356 e. The van der Waals surface area contributed by atoms with Gasteiger partial charge in [0.2, 0.25) is 0 Å². The van der Waals surface area contributed by atoms with Crippen molar-refractivity contribution in [2.75, 3.05) is 13.6 Å². The van der Waals surface area contributed by atoms with Crippen LogP contribution < -0.4 is 10.6 Å². The van der Waals surface area contributed by atoms with Crippen LogP contribution in [-0.2, 0) is 25.8 Å². The molecule has 0 aliphatic carbocycles. The lowest BCUT2D eigenvalue weighted by molar-refractivity contribution is 0.392. The minimum absolute atomic E-state index is 0.177. The number of aliphatic imine (C=N–C) groups is 1. The van der Waals surface area contributed by atoms with Crippen LogP contribution in [0.5, 0.6) is 0 Å². The van der Waals surface area contributed by atoms with Crippen LogP contribution >= 0.6 is 0 Å². The summed E-state index contributed by atoms with van der Waals surface area (Å²) in [7, 11) is 1.78. The fourth-order valence-electron chi connectivity index (χ4n) is 3.21. The lowest BCUT2D eigenvalue weighted by atomic mass is 10.1. The lowest BCUT2D eigenvalue weighted by Gasteiger charge is -2.25. The van der Waals surface area contributed by atoms with E-state index >= 15 is 0 Å². The van der Waals surface area contributed by atoms with Crippen LogP contribution in [0.15, 0.2) is 29.3 Å². The monoisotopic (exact) mass is 358 g/mol. The van der Waals surface area contributed by atoms with Gasteiger partial charge in [-0.3, -0.25) is 4.99 Å². The summed E-state index contributed by atoms with van der Waals surface area (Å²) in [6.45, 7) is 3.68. The second-order valence-corrected chi connectivity index (χ2v) is 6.59. The average Bonchev–Trinajstić information content (AvgIpc) is 3.06. The molecular formula is C19H27FN6. The number of hydrogen-bond donors (Lipinski definition) is 2. The Kier molecular flexibility index (Phi) is 6.20. The number of guanidine groups is 1. The van der Waals surface area contributed by atoms with E-state index in [0.29, 0.717) is 6.04 Å². The lowest BCUT2D eigenvalue weighted by Crippen LogP contribution is -2.47. The molecule has 0 saturated heterocycles. The van der Waals surface area contributed by atoms with Crippen molar-refractivity contribution in [3.05, 3.63) is 47.3 Å². The SMILES string of the molecule is CCc1nc2n(n1)CC(NC(=NC)NCCCc1cccc(F)c1)CC2. The molecule has 0 radical (unpaired) electrons. The third kappa shape index (κ3) is 4.80. The van der Waals surface area contributed by atoms with Crippen LogP contribution in [0.1, 0.15) is 37.0 Å². The highest BCUT2D eigenvalue weighted by atomic mass is 19.1. The first-order valence-corrected chi connectivity index (χ1v) is 9.32. The van der Waals surface area contributed by atoms with E-state index in [-0.39, 0.29) is 5.82 Å². The van der Waals surface area contributed by atoms with Gasteiger partial charge in [-0.15, -0.1) is 0 Å². The molecule has 0 bridgehead atoms. The third-order valence-electron chi connectivity index (χ3n) is 4.61. The minimum Gasteiger partial charge on any atom is -0.356 e. The maximum atomic E-state index is 13.2. The van der Waals surface area contributed by atoms with E-state index in [1.165, 1.54) is 6.07 Å². The van der Waals surface area contributed by atoms with Gasteiger partial charge in [-0.05, 0) is 37.0 Å². The number of halogens is 1. The van der Waals surface area contributed by atoms with Crippen molar-refractivity contribution in [2.24, 2.45) is 4.99 Å². The van der Waals surface area contributed by atoms with Crippen LogP contribution in [0, 0.1) is 5.82 Å². The summed E-state index contributed by atoms with van der Waals surface area (Å²) in [6.07, 6.45) is 4.58. The molecule has 26 heavy (non-hydrogen) atoms. The molecule has 6 nitrogen and oxygen atoms in total. The van der Waals surface area contributed by atoms with Gasteiger partial charge in [-0.1, -0.05) is 19.1 Å². The molecule has 0 amide bonds. The normalized spacial score (nSPS) is 17.0. The van der Waals surface area contributed by atoms with Crippen LogP contribution in [0.2, 0.25) is 0 Å². The van der Waals surface area contributed by atoms with Gasteiger partial charge < -0.3 is 10.6 Å². The second kappa shape index (κ2) is 8.78. The first-order chi connectivity index (χ1) is 12.7. The van der Waals surface area contributed by atoms with E-state index in [1.54, 1.807) is 19.2 Å². The number of nitrogens with zero attached hydrogens (tertiary/aromatic N) is 4. The first-order valence-electron chi connectivity index (χ1n) is 9.32.